The molecular formula is C13H26N2O3SSi. The van der Waals surface area contributed by atoms with Crippen LogP contribution in [-0.2, 0) is 14.6 Å². The number of ether oxygens (including phenoxy) is 1. The standard InChI is InChI=1S/C13H26N2O3SSi/c1-19(16,17)13(6-7-13)12(14)5-8-15-11-18-9-10-20(2,3)4/h5,8,14-15H,6-7,9-11H2,1-4H3/b8-5-,14-12?. The van der Waals surface area contributed by atoms with Crippen molar-refractivity contribution in [2.24, 2.45) is 0 Å². The quantitative estimate of drug-likeness (QED) is 0.295. The predicted octanol–water partition coefficient (Wildman–Crippen LogP) is 2.00. The molecule has 0 aliphatic heterocycles. The molecule has 0 atom stereocenters. The fraction of sp³-hybridized carbons (Fsp3) is 0.769. The molecule has 0 heterocycles. The van der Waals surface area contributed by atoms with E-state index in [-0.39, 0.29) is 5.71 Å². The third kappa shape index (κ3) is 5.03. The second kappa shape index (κ2) is 6.40. The average Bonchev–Trinajstić information content (AvgIpc) is 3.06. The largest absolute Gasteiger partial charge is 0.369 e. The van der Waals surface area contributed by atoms with Gasteiger partial charge in [0.25, 0.3) is 0 Å². The molecule has 1 fully saturated rings. The Morgan fingerprint density at radius 2 is 2.00 bits per heavy atom. The second-order valence-electron chi connectivity index (χ2n) is 6.58. The summed E-state index contributed by atoms with van der Waals surface area (Å²) < 4.78 is 27.7. The summed E-state index contributed by atoms with van der Waals surface area (Å²) >= 11 is 0. The van der Waals surface area contributed by atoms with Crippen molar-refractivity contribution in [3.05, 3.63) is 12.3 Å². The third-order valence-corrected chi connectivity index (χ3v) is 7.21. The minimum atomic E-state index is -3.19. The van der Waals surface area contributed by atoms with E-state index in [1.165, 1.54) is 12.3 Å². The summed E-state index contributed by atoms with van der Waals surface area (Å²) in [4.78, 5) is 0. The van der Waals surface area contributed by atoms with Crippen LogP contribution in [0.15, 0.2) is 12.3 Å². The van der Waals surface area contributed by atoms with Crippen molar-refractivity contribution in [3.63, 3.8) is 0 Å². The van der Waals surface area contributed by atoms with Crippen molar-refractivity contribution in [1.82, 2.24) is 5.32 Å². The normalized spacial score (nSPS) is 18.2. The maximum Gasteiger partial charge on any atom is 0.158 e. The van der Waals surface area contributed by atoms with Gasteiger partial charge < -0.3 is 15.5 Å². The van der Waals surface area contributed by atoms with E-state index in [9.17, 15) is 8.42 Å². The van der Waals surface area contributed by atoms with Gasteiger partial charge >= 0.3 is 0 Å². The molecule has 1 aliphatic rings. The number of allylic oxidation sites excluding steroid dienone is 1. The summed E-state index contributed by atoms with van der Waals surface area (Å²) in [5.41, 5.74) is 0.162. The first-order valence-corrected chi connectivity index (χ1v) is 12.4. The Labute approximate surface area is 123 Å². The van der Waals surface area contributed by atoms with E-state index >= 15 is 0 Å². The van der Waals surface area contributed by atoms with Gasteiger partial charge in [-0.2, -0.15) is 0 Å². The van der Waals surface area contributed by atoms with E-state index in [0.717, 1.165) is 12.7 Å². The molecule has 1 rings (SSSR count). The predicted molar refractivity (Wildman–Crippen MR) is 85.8 cm³/mol. The molecule has 0 saturated heterocycles. The molecule has 5 nitrogen and oxygen atoms in total. The molecule has 1 aliphatic carbocycles. The van der Waals surface area contributed by atoms with Crippen LogP contribution in [0.3, 0.4) is 0 Å². The molecule has 1 saturated carbocycles. The third-order valence-electron chi connectivity index (χ3n) is 3.45. The molecule has 0 aromatic carbocycles. The molecule has 0 bridgehead atoms. The zero-order chi connectivity index (χ0) is 15.4. The summed E-state index contributed by atoms with van der Waals surface area (Å²) in [6.45, 7) is 8.02. The highest BCUT2D eigenvalue weighted by Crippen LogP contribution is 2.44. The molecular weight excluding hydrogens is 292 g/mol. The molecule has 116 valence electrons. The lowest BCUT2D eigenvalue weighted by molar-refractivity contribution is 0.137. The fourth-order valence-electron chi connectivity index (χ4n) is 1.81. The number of hydrogen-bond acceptors (Lipinski definition) is 5. The molecule has 2 N–H and O–H groups in total. The molecule has 0 unspecified atom stereocenters. The summed E-state index contributed by atoms with van der Waals surface area (Å²) in [7, 11) is -4.24. The Kier molecular flexibility index (Phi) is 5.57. The average molecular weight is 319 g/mol. The van der Waals surface area contributed by atoms with E-state index in [1.807, 2.05) is 0 Å². The SMILES string of the molecule is C[Si](C)(C)CCOCN/C=C\C(=N)C1(S(C)(=O)=O)CC1. The van der Waals surface area contributed by atoms with Crippen molar-refractivity contribution in [1.29, 1.82) is 5.41 Å². The summed E-state index contributed by atoms with van der Waals surface area (Å²) in [5.74, 6) is 0. The molecule has 20 heavy (non-hydrogen) atoms. The summed E-state index contributed by atoms with van der Waals surface area (Å²) in [5, 5.41) is 10.8. The highest BCUT2D eigenvalue weighted by molar-refractivity contribution is 7.93. The molecule has 0 aromatic rings. The Morgan fingerprint density at radius 3 is 2.45 bits per heavy atom. The Balaban J connectivity index is 2.25. The maximum absolute atomic E-state index is 11.6. The first-order chi connectivity index (χ1) is 9.08. The first kappa shape index (κ1) is 17.4. The molecule has 7 heteroatoms. The lowest BCUT2D eigenvalue weighted by Gasteiger charge is -2.15. The van der Waals surface area contributed by atoms with Crippen LogP contribution in [0.4, 0.5) is 0 Å². The van der Waals surface area contributed by atoms with E-state index in [0.29, 0.717) is 19.6 Å². The van der Waals surface area contributed by atoms with Crippen LogP contribution < -0.4 is 5.32 Å². The number of sulfone groups is 1. The van der Waals surface area contributed by atoms with Crippen LogP contribution in [0.5, 0.6) is 0 Å². The van der Waals surface area contributed by atoms with Crippen LogP contribution in [-0.4, -0.2) is 46.5 Å². The molecule has 0 radical (unpaired) electrons. The highest BCUT2D eigenvalue weighted by atomic mass is 32.2. The smallest absolute Gasteiger partial charge is 0.158 e. The van der Waals surface area contributed by atoms with Gasteiger partial charge in [0.1, 0.15) is 11.5 Å². The zero-order valence-electron chi connectivity index (χ0n) is 12.8. The number of nitrogens with one attached hydrogen (secondary N) is 2. The lowest BCUT2D eigenvalue weighted by Crippen LogP contribution is -2.30. The van der Waals surface area contributed by atoms with Gasteiger partial charge in [0.15, 0.2) is 9.84 Å². The zero-order valence-corrected chi connectivity index (χ0v) is 14.6. The van der Waals surface area contributed by atoms with Crippen LogP contribution in [0.1, 0.15) is 12.8 Å². The maximum atomic E-state index is 11.6. The van der Waals surface area contributed by atoms with Crippen LogP contribution >= 0.6 is 0 Å². The van der Waals surface area contributed by atoms with Crippen molar-refractivity contribution in [3.8, 4) is 0 Å². The molecule has 0 aromatic heterocycles. The van der Waals surface area contributed by atoms with Crippen molar-refractivity contribution in [2.45, 2.75) is 43.3 Å². The van der Waals surface area contributed by atoms with E-state index in [1.54, 1.807) is 6.20 Å². The van der Waals surface area contributed by atoms with Crippen LogP contribution in [0.2, 0.25) is 25.7 Å². The van der Waals surface area contributed by atoms with Gasteiger partial charge in [-0.1, -0.05) is 19.6 Å². The van der Waals surface area contributed by atoms with Gasteiger partial charge in [-0.15, -0.1) is 0 Å². The monoisotopic (exact) mass is 318 g/mol. The topological polar surface area (TPSA) is 79.2 Å². The van der Waals surface area contributed by atoms with Gasteiger partial charge in [0.2, 0.25) is 0 Å². The first-order valence-electron chi connectivity index (χ1n) is 6.85. The highest BCUT2D eigenvalue weighted by Gasteiger charge is 2.54. The van der Waals surface area contributed by atoms with E-state index in [4.69, 9.17) is 10.1 Å². The number of hydrogen-bond donors (Lipinski definition) is 2. The Morgan fingerprint density at radius 1 is 1.40 bits per heavy atom. The lowest BCUT2D eigenvalue weighted by atomic mass is 10.2. The summed E-state index contributed by atoms with van der Waals surface area (Å²) in [6, 6.07) is 1.12. The van der Waals surface area contributed by atoms with Crippen molar-refractivity contribution >= 4 is 23.6 Å². The van der Waals surface area contributed by atoms with Crippen molar-refractivity contribution in [2.75, 3.05) is 19.6 Å². The fourth-order valence-corrected chi connectivity index (χ4v) is 3.87. The Bertz CT molecular complexity index is 476. The minimum Gasteiger partial charge on any atom is -0.369 e. The van der Waals surface area contributed by atoms with Gasteiger partial charge in [0, 0.05) is 27.1 Å². The Hall–Kier alpha value is -0.663. The van der Waals surface area contributed by atoms with Gasteiger partial charge in [0.05, 0.1) is 5.71 Å². The van der Waals surface area contributed by atoms with E-state index in [2.05, 4.69) is 25.0 Å². The van der Waals surface area contributed by atoms with Crippen LogP contribution in [0.25, 0.3) is 0 Å². The second-order valence-corrected chi connectivity index (χ2v) is 14.5. The van der Waals surface area contributed by atoms with E-state index < -0.39 is 22.7 Å². The van der Waals surface area contributed by atoms with Gasteiger partial charge in [-0.3, -0.25) is 0 Å². The van der Waals surface area contributed by atoms with Gasteiger partial charge in [-0.05, 0) is 25.0 Å². The molecule has 0 spiro atoms. The van der Waals surface area contributed by atoms with Gasteiger partial charge in [-0.25, -0.2) is 8.42 Å². The minimum absolute atomic E-state index is 0.162. The number of rotatable bonds is 9. The summed E-state index contributed by atoms with van der Waals surface area (Å²) in [6.07, 6.45) is 5.44. The van der Waals surface area contributed by atoms with Crippen LogP contribution in [0, 0.1) is 5.41 Å². The molecule has 0 amide bonds. The van der Waals surface area contributed by atoms with Crippen molar-refractivity contribution < 1.29 is 13.2 Å².